The molecular formula is C53H39N. The van der Waals surface area contributed by atoms with Gasteiger partial charge in [-0.1, -0.05) is 172 Å². The molecule has 0 saturated heterocycles. The second kappa shape index (κ2) is 12.8. The molecule has 0 heterocycles. The van der Waals surface area contributed by atoms with Crippen LogP contribution in [0.15, 0.2) is 200 Å². The van der Waals surface area contributed by atoms with Crippen molar-refractivity contribution in [2.75, 3.05) is 4.90 Å². The highest BCUT2D eigenvalue weighted by atomic mass is 15.1. The second-order valence-corrected chi connectivity index (χ2v) is 15.0. The molecule has 0 aliphatic heterocycles. The molecule has 9 aromatic rings. The van der Waals surface area contributed by atoms with E-state index in [0.29, 0.717) is 0 Å². The molecule has 0 unspecified atom stereocenters. The number of fused-ring (bicyclic) bond motifs is 3. The molecule has 0 N–H and O–H groups in total. The summed E-state index contributed by atoms with van der Waals surface area (Å²) in [4.78, 5) is 2.37. The van der Waals surface area contributed by atoms with Gasteiger partial charge in [-0.15, -0.1) is 0 Å². The zero-order valence-corrected chi connectivity index (χ0v) is 30.5. The minimum atomic E-state index is -0.129. The predicted molar refractivity (Wildman–Crippen MR) is 230 cm³/mol. The Kier molecular flexibility index (Phi) is 7.56. The van der Waals surface area contributed by atoms with Gasteiger partial charge in [-0.3, -0.25) is 0 Å². The van der Waals surface area contributed by atoms with Crippen LogP contribution in [0.1, 0.15) is 25.0 Å². The van der Waals surface area contributed by atoms with Gasteiger partial charge in [0.25, 0.3) is 0 Å². The summed E-state index contributed by atoms with van der Waals surface area (Å²) >= 11 is 0. The molecule has 0 aromatic heterocycles. The van der Waals surface area contributed by atoms with Gasteiger partial charge < -0.3 is 4.90 Å². The molecule has 0 atom stereocenters. The van der Waals surface area contributed by atoms with E-state index in [4.69, 9.17) is 0 Å². The zero-order chi connectivity index (χ0) is 36.2. The highest BCUT2D eigenvalue weighted by Crippen LogP contribution is 2.52. The van der Waals surface area contributed by atoms with Crippen LogP contribution >= 0.6 is 0 Å². The average molecular weight is 690 g/mol. The van der Waals surface area contributed by atoms with Gasteiger partial charge in [0.2, 0.25) is 0 Å². The van der Waals surface area contributed by atoms with Crippen LogP contribution in [0.3, 0.4) is 0 Å². The van der Waals surface area contributed by atoms with E-state index >= 15 is 0 Å². The van der Waals surface area contributed by atoms with Crippen LogP contribution in [0.2, 0.25) is 0 Å². The molecule has 1 aliphatic rings. The largest absolute Gasteiger partial charge is 0.310 e. The summed E-state index contributed by atoms with van der Waals surface area (Å²) in [5.74, 6) is 0. The van der Waals surface area contributed by atoms with Gasteiger partial charge in [-0.2, -0.15) is 0 Å². The van der Waals surface area contributed by atoms with Crippen molar-refractivity contribution in [1.29, 1.82) is 0 Å². The van der Waals surface area contributed by atoms with Gasteiger partial charge in [0.15, 0.2) is 0 Å². The quantitative estimate of drug-likeness (QED) is 0.168. The van der Waals surface area contributed by atoms with Gasteiger partial charge in [0, 0.05) is 22.5 Å². The lowest BCUT2D eigenvalue weighted by atomic mass is 9.67. The summed E-state index contributed by atoms with van der Waals surface area (Å²) in [7, 11) is 0. The molecule has 0 spiro atoms. The summed E-state index contributed by atoms with van der Waals surface area (Å²) in [6, 6.07) is 73.3. The minimum Gasteiger partial charge on any atom is -0.310 e. The molecule has 1 heteroatoms. The van der Waals surface area contributed by atoms with E-state index in [1.54, 1.807) is 0 Å². The molecule has 0 bridgehead atoms. The standard InChI is InChI=1S/C53H39N/c1-53(2)49-33-26-43(35-48(49)52-47(40-15-7-4-8-16-40)32-25-41-18-11-19-50(53)51(41)52)39-22-29-45(30-23-39)54(46-31-24-37-14-9-10-17-42(37)34-46)44-27-20-38(21-28-44)36-12-5-3-6-13-36/h3-35H,1-2H3. The first-order valence-electron chi connectivity index (χ1n) is 18.8. The van der Waals surface area contributed by atoms with E-state index in [1.807, 2.05) is 0 Å². The molecule has 9 aromatic carbocycles. The molecule has 0 radical (unpaired) electrons. The van der Waals surface area contributed by atoms with E-state index in [1.165, 1.54) is 77.2 Å². The van der Waals surface area contributed by atoms with E-state index < -0.39 is 0 Å². The normalized spacial score (nSPS) is 12.8. The maximum atomic E-state index is 2.44. The monoisotopic (exact) mass is 689 g/mol. The summed E-state index contributed by atoms with van der Waals surface area (Å²) in [5, 5.41) is 5.12. The van der Waals surface area contributed by atoms with Crippen LogP contribution in [0.25, 0.3) is 66.1 Å². The average Bonchev–Trinajstić information content (AvgIpc) is 3.23. The van der Waals surface area contributed by atoms with Crippen LogP contribution < -0.4 is 4.90 Å². The number of anilines is 3. The fourth-order valence-electron chi connectivity index (χ4n) is 8.66. The number of hydrogen-bond donors (Lipinski definition) is 0. The van der Waals surface area contributed by atoms with Crippen LogP contribution in [0.4, 0.5) is 17.1 Å². The maximum absolute atomic E-state index is 2.44. The van der Waals surface area contributed by atoms with Gasteiger partial charge in [-0.05, 0) is 120 Å². The Morgan fingerprint density at radius 1 is 0.333 bits per heavy atom. The Balaban J connectivity index is 1.09. The van der Waals surface area contributed by atoms with E-state index in [0.717, 1.165) is 17.1 Å². The van der Waals surface area contributed by atoms with Crippen LogP contribution in [-0.4, -0.2) is 0 Å². The topological polar surface area (TPSA) is 3.24 Å². The maximum Gasteiger partial charge on any atom is 0.0468 e. The van der Waals surface area contributed by atoms with Crippen molar-refractivity contribution in [1.82, 2.24) is 0 Å². The minimum absolute atomic E-state index is 0.129. The molecule has 10 rings (SSSR count). The Bertz CT molecular complexity index is 2810. The van der Waals surface area contributed by atoms with Crippen molar-refractivity contribution in [3.05, 3.63) is 211 Å². The Labute approximate surface area is 317 Å². The van der Waals surface area contributed by atoms with Crippen LogP contribution in [0, 0.1) is 0 Å². The lowest BCUT2D eigenvalue weighted by Gasteiger charge is -2.36. The van der Waals surface area contributed by atoms with E-state index in [9.17, 15) is 0 Å². The fourth-order valence-corrected chi connectivity index (χ4v) is 8.66. The SMILES string of the molecule is CC1(C)c2ccc(-c3ccc(N(c4ccc(-c5ccccc5)cc4)c4ccc5ccccc5c4)cc3)cc2-c2c(-c3ccccc3)ccc3cccc1c23. The summed E-state index contributed by atoms with van der Waals surface area (Å²) in [5.41, 5.74) is 16.0. The van der Waals surface area contributed by atoms with Crippen LogP contribution in [0.5, 0.6) is 0 Å². The Hall–Kier alpha value is -6.70. The van der Waals surface area contributed by atoms with E-state index in [2.05, 4.69) is 219 Å². The van der Waals surface area contributed by atoms with Crippen LogP contribution in [-0.2, 0) is 5.41 Å². The molecular weight excluding hydrogens is 651 g/mol. The van der Waals surface area contributed by atoms with Crippen molar-refractivity contribution in [2.24, 2.45) is 0 Å². The third kappa shape index (κ3) is 5.32. The van der Waals surface area contributed by atoms with Gasteiger partial charge in [-0.25, -0.2) is 0 Å². The van der Waals surface area contributed by atoms with E-state index in [-0.39, 0.29) is 5.41 Å². The summed E-state index contributed by atoms with van der Waals surface area (Å²) < 4.78 is 0. The van der Waals surface area contributed by atoms with Crippen molar-refractivity contribution >= 4 is 38.6 Å². The smallest absolute Gasteiger partial charge is 0.0468 e. The summed E-state index contributed by atoms with van der Waals surface area (Å²) in [6.45, 7) is 4.75. The fraction of sp³-hybridized carbons (Fsp3) is 0.0566. The molecule has 256 valence electrons. The Morgan fingerprint density at radius 2 is 0.870 bits per heavy atom. The number of rotatable bonds is 6. The second-order valence-electron chi connectivity index (χ2n) is 15.0. The van der Waals surface area contributed by atoms with Gasteiger partial charge >= 0.3 is 0 Å². The van der Waals surface area contributed by atoms with Gasteiger partial charge in [0.1, 0.15) is 0 Å². The van der Waals surface area contributed by atoms with Crippen molar-refractivity contribution in [3.8, 4) is 44.5 Å². The van der Waals surface area contributed by atoms with Crippen molar-refractivity contribution in [3.63, 3.8) is 0 Å². The lowest BCUT2D eigenvalue weighted by molar-refractivity contribution is 0.645. The van der Waals surface area contributed by atoms with Crippen molar-refractivity contribution in [2.45, 2.75) is 19.3 Å². The van der Waals surface area contributed by atoms with Crippen molar-refractivity contribution < 1.29 is 0 Å². The molecule has 1 aliphatic carbocycles. The first-order valence-corrected chi connectivity index (χ1v) is 18.8. The molecule has 1 nitrogen and oxygen atoms in total. The zero-order valence-electron chi connectivity index (χ0n) is 30.5. The molecule has 54 heavy (non-hydrogen) atoms. The predicted octanol–water partition coefficient (Wildman–Crippen LogP) is 14.8. The first kappa shape index (κ1) is 32.0. The number of hydrogen-bond acceptors (Lipinski definition) is 1. The lowest BCUT2D eigenvalue weighted by Crippen LogP contribution is -2.24. The molecule has 0 saturated carbocycles. The highest BCUT2D eigenvalue weighted by molar-refractivity contribution is 6.09. The van der Waals surface area contributed by atoms with Gasteiger partial charge in [0.05, 0.1) is 0 Å². The third-order valence-corrected chi connectivity index (χ3v) is 11.4. The Morgan fingerprint density at radius 3 is 1.57 bits per heavy atom. The molecule has 0 fully saturated rings. The summed E-state index contributed by atoms with van der Waals surface area (Å²) in [6.07, 6.45) is 0. The highest BCUT2D eigenvalue weighted by Gasteiger charge is 2.34. The number of benzene rings is 9. The first-order chi connectivity index (χ1) is 26.5. The molecule has 0 amide bonds. The number of nitrogens with zero attached hydrogens (tertiary/aromatic N) is 1. The third-order valence-electron chi connectivity index (χ3n) is 11.4.